The summed E-state index contributed by atoms with van der Waals surface area (Å²) in [5, 5.41) is 9.36. The van der Waals surface area contributed by atoms with Gasteiger partial charge in [-0.1, -0.05) is 12.1 Å². The molecule has 0 aliphatic carbocycles. The van der Waals surface area contributed by atoms with E-state index < -0.39 is 5.60 Å². The van der Waals surface area contributed by atoms with E-state index in [1.54, 1.807) is 11.0 Å². The summed E-state index contributed by atoms with van der Waals surface area (Å²) in [7, 11) is 0. The zero-order valence-corrected chi connectivity index (χ0v) is 18.0. The molecule has 1 aliphatic heterocycles. The topological polar surface area (TPSA) is 95.1 Å². The number of hydrogen-bond acceptors (Lipinski definition) is 4. The second-order valence-corrected chi connectivity index (χ2v) is 7.98. The number of guanidine groups is 1. The van der Waals surface area contributed by atoms with Crippen molar-refractivity contribution in [3.8, 4) is 0 Å². The molecule has 1 aromatic rings. The number of rotatable bonds is 6. The lowest BCUT2D eigenvalue weighted by Crippen LogP contribution is -2.63. The van der Waals surface area contributed by atoms with Crippen molar-refractivity contribution < 1.29 is 14.3 Å². The summed E-state index contributed by atoms with van der Waals surface area (Å²) < 4.78 is 5.38. The summed E-state index contributed by atoms with van der Waals surface area (Å²) in [5.41, 5.74) is 1.09. The van der Waals surface area contributed by atoms with Crippen LogP contribution < -0.4 is 16.0 Å². The first-order chi connectivity index (χ1) is 13.7. The van der Waals surface area contributed by atoms with Gasteiger partial charge >= 0.3 is 6.09 Å². The van der Waals surface area contributed by atoms with Gasteiger partial charge in [-0.15, -0.1) is 0 Å². The van der Waals surface area contributed by atoms with Gasteiger partial charge in [0.15, 0.2) is 5.96 Å². The van der Waals surface area contributed by atoms with E-state index >= 15 is 0 Å². The maximum absolute atomic E-state index is 12.0. The van der Waals surface area contributed by atoms with E-state index in [0.717, 1.165) is 12.1 Å². The number of hydrogen-bond donors (Lipinski definition) is 3. The zero-order chi connectivity index (χ0) is 21.4. The van der Waals surface area contributed by atoms with Crippen LogP contribution in [0, 0.1) is 0 Å². The Bertz CT molecular complexity index is 736. The molecule has 0 spiro atoms. The monoisotopic (exact) mass is 403 g/mol. The number of benzene rings is 1. The van der Waals surface area contributed by atoms with Crippen molar-refractivity contribution in [3.05, 3.63) is 35.4 Å². The molecule has 3 N–H and O–H groups in total. The minimum absolute atomic E-state index is 0.0833. The van der Waals surface area contributed by atoms with Gasteiger partial charge in [0, 0.05) is 31.7 Å². The molecule has 8 heteroatoms. The normalized spacial score (nSPS) is 14.8. The molecule has 0 saturated carbocycles. The van der Waals surface area contributed by atoms with E-state index in [1.165, 1.54) is 0 Å². The van der Waals surface area contributed by atoms with Crippen molar-refractivity contribution in [2.75, 3.05) is 26.2 Å². The highest BCUT2D eigenvalue weighted by atomic mass is 16.6. The van der Waals surface area contributed by atoms with Gasteiger partial charge < -0.3 is 25.6 Å². The molecule has 1 aliphatic rings. The molecule has 0 aromatic heterocycles. The van der Waals surface area contributed by atoms with E-state index in [4.69, 9.17) is 4.74 Å². The molecular weight excluding hydrogens is 370 g/mol. The largest absolute Gasteiger partial charge is 0.444 e. The van der Waals surface area contributed by atoms with Crippen molar-refractivity contribution in [2.45, 2.75) is 52.8 Å². The number of nitrogens with zero attached hydrogens (tertiary/aromatic N) is 2. The van der Waals surface area contributed by atoms with Crippen LogP contribution in [0.5, 0.6) is 0 Å². The minimum atomic E-state index is -0.492. The molecule has 29 heavy (non-hydrogen) atoms. The Morgan fingerprint density at radius 2 is 1.86 bits per heavy atom. The minimum Gasteiger partial charge on any atom is -0.444 e. The molecular formula is C21H33N5O3. The first-order valence-electron chi connectivity index (χ1n) is 10.1. The number of nitrogens with one attached hydrogen (secondary N) is 3. The third kappa shape index (κ3) is 7.29. The zero-order valence-electron chi connectivity index (χ0n) is 18.0. The third-order valence-electron chi connectivity index (χ3n) is 4.16. The lowest BCUT2D eigenvalue weighted by atomic mass is 10.1. The average molecular weight is 404 g/mol. The number of ether oxygens (including phenoxy) is 1. The smallest absolute Gasteiger partial charge is 0.410 e. The van der Waals surface area contributed by atoms with Gasteiger partial charge in [-0.05, 0) is 52.3 Å². The molecule has 2 rings (SSSR count). The Kier molecular flexibility index (Phi) is 7.87. The molecule has 0 atom stereocenters. The average Bonchev–Trinajstić information content (AvgIpc) is 2.61. The second kappa shape index (κ2) is 10.1. The molecule has 0 bridgehead atoms. The lowest BCUT2D eigenvalue weighted by Gasteiger charge is -2.40. The molecule has 1 heterocycles. The molecule has 8 nitrogen and oxygen atoms in total. The van der Waals surface area contributed by atoms with Gasteiger partial charge in [0.05, 0.1) is 12.6 Å². The molecule has 0 unspecified atom stereocenters. The van der Waals surface area contributed by atoms with Gasteiger partial charge in [0.25, 0.3) is 5.91 Å². The molecule has 1 aromatic carbocycles. The summed E-state index contributed by atoms with van der Waals surface area (Å²) in [4.78, 5) is 30.3. The van der Waals surface area contributed by atoms with Gasteiger partial charge in [-0.25, -0.2) is 9.79 Å². The number of carbonyl (C=O) groups excluding carboxylic acids is 2. The van der Waals surface area contributed by atoms with Crippen LogP contribution in [0.2, 0.25) is 0 Å². The number of likely N-dealkylation sites (tertiary alicyclic amines) is 1. The van der Waals surface area contributed by atoms with Gasteiger partial charge in [-0.2, -0.15) is 0 Å². The van der Waals surface area contributed by atoms with Crippen molar-refractivity contribution in [1.82, 2.24) is 20.9 Å². The van der Waals surface area contributed by atoms with Crippen LogP contribution in [0.15, 0.2) is 29.3 Å². The highest BCUT2D eigenvalue weighted by Gasteiger charge is 2.34. The molecule has 2 amide bonds. The summed E-state index contributed by atoms with van der Waals surface area (Å²) in [6.45, 7) is 12.4. The predicted molar refractivity (Wildman–Crippen MR) is 114 cm³/mol. The van der Waals surface area contributed by atoms with Crippen LogP contribution in [-0.2, 0) is 11.3 Å². The standard InChI is InChI=1S/C21H33N5O3/c1-6-22-18(27)16-10-8-9-15(11-16)12-24-19(23-7-2)25-17-13-26(14-17)20(28)29-21(3,4)5/h8-11,17H,6-7,12-14H2,1-5H3,(H,22,27)(H2,23,24,25). The summed E-state index contributed by atoms with van der Waals surface area (Å²) in [5.74, 6) is 0.602. The van der Waals surface area contributed by atoms with Gasteiger partial charge in [-0.3, -0.25) is 4.79 Å². The van der Waals surface area contributed by atoms with Crippen LogP contribution >= 0.6 is 0 Å². The fraction of sp³-hybridized carbons (Fsp3) is 0.571. The van der Waals surface area contributed by atoms with E-state index in [9.17, 15) is 9.59 Å². The SMILES string of the molecule is CCNC(=O)c1cccc(CN=C(NCC)NC2CN(C(=O)OC(C)(C)C)C2)c1. The third-order valence-corrected chi connectivity index (χ3v) is 4.16. The van der Waals surface area contributed by atoms with Crippen molar-refractivity contribution in [2.24, 2.45) is 4.99 Å². The Balaban J connectivity index is 1.90. The van der Waals surface area contributed by atoms with E-state index in [2.05, 4.69) is 20.9 Å². The maximum Gasteiger partial charge on any atom is 0.410 e. The van der Waals surface area contributed by atoms with Gasteiger partial charge in [0.1, 0.15) is 5.60 Å². The van der Waals surface area contributed by atoms with Crippen molar-refractivity contribution in [3.63, 3.8) is 0 Å². The van der Waals surface area contributed by atoms with Crippen molar-refractivity contribution >= 4 is 18.0 Å². The van der Waals surface area contributed by atoms with E-state index in [1.807, 2.05) is 52.8 Å². The Morgan fingerprint density at radius 1 is 1.17 bits per heavy atom. The van der Waals surface area contributed by atoms with Crippen LogP contribution in [0.4, 0.5) is 4.79 Å². The molecule has 160 valence electrons. The van der Waals surface area contributed by atoms with Crippen LogP contribution in [0.1, 0.15) is 50.5 Å². The quantitative estimate of drug-likeness (QED) is 0.500. The Hall–Kier alpha value is -2.77. The second-order valence-electron chi connectivity index (χ2n) is 7.98. The van der Waals surface area contributed by atoms with Crippen LogP contribution in [0.3, 0.4) is 0 Å². The van der Waals surface area contributed by atoms with Crippen molar-refractivity contribution in [1.29, 1.82) is 0 Å². The lowest BCUT2D eigenvalue weighted by molar-refractivity contribution is 0.00700. The summed E-state index contributed by atoms with van der Waals surface area (Å²) >= 11 is 0. The predicted octanol–water partition coefficient (Wildman–Crippen LogP) is 2.11. The first kappa shape index (κ1) is 22.5. The fourth-order valence-electron chi connectivity index (χ4n) is 2.80. The molecule has 1 fully saturated rings. The molecule has 0 radical (unpaired) electrons. The number of amides is 2. The Morgan fingerprint density at radius 3 is 2.48 bits per heavy atom. The fourth-order valence-corrected chi connectivity index (χ4v) is 2.80. The first-order valence-corrected chi connectivity index (χ1v) is 10.1. The summed E-state index contributed by atoms with van der Waals surface area (Å²) in [6, 6.07) is 7.58. The number of aliphatic imine (C=N–C) groups is 1. The summed E-state index contributed by atoms with van der Waals surface area (Å²) in [6.07, 6.45) is -0.292. The number of carbonyl (C=O) groups is 2. The van der Waals surface area contributed by atoms with Crippen LogP contribution in [0.25, 0.3) is 0 Å². The highest BCUT2D eigenvalue weighted by Crippen LogP contribution is 2.15. The molecule has 1 saturated heterocycles. The van der Waals surface area contributed by atoms with Gasteiger partial charge in [0.2, 0.25) is 0 Å². The Labute approximate surface area is 173 Å². The van der Waals surface area contributed by atoms with E-state index in [-0.39, 0.29) is 18.0 Å². The van der Waals surface area contributed by atoms with Crippen LogP contribution in [-0.4, -0.2) is 60.7 Å². The van der Waals surface area contributed by atoms with E-state index in [0.29, 0.717) is 37.7 Å². The maximum atomic E-state index is 12.0. The highest BCUT2D eigenvalue weighted by molar-refractivity contribution is 5.94.